The Bertz CT molecular complexity index is 721. The summed E-state index contributed by atoms with van der Waals surface area (Å²) in [5, 5.41) is 4.02. The molecule has 0 aliphatic heterocycles. The Kier molecular flexibility index (Phi) is 5.78. The summed E-state index contributed by atoms with van der Waals surface area (Å²) >= 11 is 0. The van der Waals surface area contributed by atoms with Gasteiger partial charge in [0.15, 0.2) is 11.6 Å². The molecule has 3 rings (SSSR count). The molecule has 130 valence electrons. The van der Waals surface area contributed by atoms with Gasteiger partial charge in [-0.3, -0.25) is 4.79 Å². The maximum absolute atomic E-state index is 12.3. The van der Waals surface area contributed by atoms with E-state index in [1.54, 1.807) is 0 Å². The standard InChI is InChI=1S/C18H23N3O2.ClH/c1-12-5-6-14(11-13(12)2)15(22)7-8-16-20-17(21-23-16)18(19)9-3-4-10-18;/h5-6,11H,3-4,7-10,19H2,1-2H3;1H. The van der Waals surface area contributed by atoms with E-state index >= 15 is 0 Å². The quantitative estimate of drug-likeness (QED) is 0.833. The Morgan fingerprint density at radius 3 is 2.62 bits per heavy atom. The van der Waals surface area contributed by atoms with Crippen molar-refractivity contribution in [2.45, 2.75) is 57.9 Å². The molecule has 0 atom stereocenters. The summed E-state index contributed by atoms with van der Waals surface area (Å²) in [5.41, 5.74) is 8.93. The third-order valence-corrected chi connectivity index (χ3v) is 4.80. The van der Waals surface area contributed by atoms with Gasteiger partial charge >= 0.3 is 0 Å². The van der Waals surface area contributed by atoms with Crippen LogP contribution >= 0.6 is 12.4 Å². The lowest BCUT2D eigenvalue weighted by Crippen LogP contribution is -2.34. The molecule has 5 nitrogen and oxygen atoms in total. The van der Waals surface area contributed by atoms with Crippen LogP contribution in [0, 0.1) is 13.8 Å². The van der Waals surface area contributed by atoms with E-state index in [0.717, 1.165) is 36.8 Å². The number of ketones is 1. The highest BCUT2D eigenvalue weighted by atomic mass is 35.5. The number of carbonyl (C=O) groups is 1. The largest absolute Gasteiger partial charge is 0.339 e. The van der Waals surface area contributed by atoms with Crippen molar-refractivity contribution in [3.05, 3.63) is 46.6 Å². The highest BCUT2D eigenvalue weighted by molar-refractivity contribution is 5.96. The minimum Gasteiger partial charge on any atom is -0.339 e. The molecule has 6 heteroatoms. The number of hydrogen-bond acceptors (Lipinski definition) is 5. The summed E-state index contributed by atoms with van der Waals surface area (Å²) in [4.78, 5) is 16.7. The third-order valence-electron chi connectivity index (χ3n) is 4.80. The van der Waals surface area contributed by atoms with Gasteiger partial charge in [0.1, 0.15) is 0 Å². The Labute approximate surface area is 148 Å². The van der Waals surface area contributed by atoms with Crippen LogP contribution in [0.5, 0.6) is 0 Å². The Morgan fingerprint density at radius 1 is 1.25 bits per heavy atom. The fourth-order valence-corrected chi connectivity index (χ4v) is 3.07. The van der Waals surface area contributed by atoms with E-state index in [0.29, 0.717) is 24.6 Å². The zero-order valence-electron chi connectivity index (χ0n) is 14.2. The second kappa shape index (κ2) is 7.45. The van der Waals surface area contributed by atoms with Crippen molar-refractivity contribution in [1.29, 1.82) is 0 Å². The Balaban J connectivity index is 0.00000208. The van der Waals surface area contributed by atoms with Crippen LogP contribution in [-0.2, 0) is 12.0 Å². The average Bonchev–Trinajstić information content (AvgIpc) is 3.17. The average molecular weight is 350 g/mol. The van der Waals surface area contributed by atoms with Crippen molar-refractivity contribution in [2.75, 3.05) is 0 Å². The smallest absolute Gasteiger partial charge is 0.227 e. The van der Waals surface area contributed by atoms with E-state index < -0.39 is 5.54 Å². The minimum atomic E-state index is -0.445. The first-order valence-electron chi connectivity index (χ1n) is 8.20. The van der Waals surface area contributed by atoms with Gasteiger partial charge in [-0.15, -0.1) is 12.4 Å². The summed E-state index contributed by atoms with van der Waals surface area (Å²) in [6.07, 6.45) is 4.81. The number of Topliss-reactive ketones (excluding diaryl/α,β-unsaturated/α-hetero) is 1. The van der Waals surface area contributed by atoms with Gasteiger partial charge in [0.2, 0.25) is 5.89 Å². The summed E-state index contributed by atoms with van der Waals surface area (Å²) in [6, 6.07) is 5.78. The third kappa shape index (κ3) is 3.84. The van der Waals surface area contributed by atoms with Crippen LogP contribution in [0.3, 0.4) is 0 Å². The van der Waals surface area contributed by atoms with E-state index in [1.807, 2.05) is 32.0 Å². The molecule has 1 aliphatic rings. The highest BCUT2D eigenvalue weighted by Gasteiger charge is 2.35. The number of aromatic nitrogens is 2. The first-order chi connectivity index (χ1) is 11.0. The van der Waals surface area contributed by atoms with Crippen molar-refractivity contribution in [3.8, 4) is 0 Å². The van der Waals surface area contributed by atoms with Crippen LogP contribution in [-0.4, -0.2) is 15.9 Å². The maximum Gasteiger partial charge on any atom is 0.227 e. The van der Waals surface area contributed by atoms with E-state index in [9.17, 15) is 4.79 Å². The molecule has 0 amide bonds. The molecule has 1 heterocycles. The topological polar surface area (TPSA) is 82.0 Å². The van der Waals surface area contributed by atoms with Crippen molar-refractivity contribution in [3.63, 3.8) is 0 Å². The van der Waals surface area contributed by atoms with E-state index in [-0.39, 0.29) is 18.2 Å². The van der Waals surface area contributed by atoms with E-state index in [1.165, 1.54) is 5.56 Å². The molecule has 1 aromatic heterocycles. The normalized spacial score (nSPS) is 16.0. The molecular weight excluding hydrogens is 326 g/mol. The summed E-state index contributed by atoms with van der Waals surface area (Å²) in [7, 11) is 0. The van der Waals surface area contributed by atoms with Crippen molar-refractivity contribution in [2.24, 2.45) is 5.73 Å². The van der Waals surface area contributed by atoms with Gasteiger partial charge in [0, 0.05) is 18.4 Å². The SMILES string of the molecule is Cc1ccc(C(=O)CCc2nc(C3(N)CCCC3)no2)cc1C.Cl. The van der Waals surface area contributed by atoms with Gasteiger partial charge in [0.25, 0.3) is 0 Å². The predicted octanol–water partition coefficient (Wildman–Crippen LogP) is 3.65. The first-order valence-corrected chi connectivity index (χ1v) is 8.20. The van der Waals surface area contributed by atoms with Crippen molar-refractivity contribution < 1.29 is 9.32 Å². The molecule has 24 heavy (non-hydrogen) atoms. The number of rotatable bonds is 5. The number of nitrogens with two attached hydrogens (primary N) is 1. The van der Waals surface area contributed by atoms with Crippen molar-refractivity contribution >= 4 is 18.2 Å². The maximum atomic E-state index is 12.3. The number of hydrogen-bond donors (Lipinski definition) is 1. The van der Waals surface area contributed by atoms with Gasteiger partial charge in [-0.05, 0) is 43.9 Å². The Hall–Kier alpha value is -1.72. The van der Waals surface area contributed by atoms with E-state index in [4.69, 9.17) is 10.3 Å². The van der Waals surface area contributed by atoms with Crippen LogP contribution in [0.15, 0.2) is 22.7 Å². The summed E-state index contributed by atoms with van der Waals surface area (Å²) in [6.45, 7) is 4.05. The summed E-state index contributed by atoms with van der Waals surface area (Å²) in [5.74, 6) is 1.17. The van der Waals surface area contributed by atoms with Crippen molar-refractivity contribution in [1.82, 2.24) is 10.1 Å². The lowest BCUT2D eigenvalue weighted by Gasteiger charge is -2.17. The molecule has 1 saturated carbocycles. The molecule has 2 N–H and O–H groups in total. The zero-order valence-corrected chi connectivity index (χ0v) is 15.0. The predicted molar refractivity (Wildman–Crippen MR) is 94.4 cm³/mol. The van der Waals surface area contributed by atoms with Crippen LogP contribution in [0.25, 0.3) is 0 Å². The molecule has 0 saturated heterocycles. The molecule has 1 fully saturated rings. The van der Waals surface area contributed by atoms with Gasteiger partial charge in [-0.1, -0.05) is 30.1 Å². The lowest BCUT2D eigenvalue weighted by atomic mass is 9.98. The number of aryl methyl sites for hydroxylation is 3. The second-order valence-corrected chi connectivity index (χ2v) is 6.60. The van der Waals surface area contributed by atoms with Gasteiger partial charge in [0.05, 0.1) is 5.54 Å². The fraction of sp³-hybridized carbons (Fsp3) is 0.500. The van der Waals surface area contributed by atoms with Crippen LogP contribution in [0.1, 0.15) is 65.3 Å². The van der Waals surface area contributed by atoms with Crippen LogP contribution in [0.4, 0.5) is 0 Å². The second-order valence-electron chi connectivity index (χ2n) is 6.60. The number of benzene rings is 1. The molecule has 1 aromatic carbocycles. The number of nitrogens with zero attached hydrogens (tertiary/aromatic N) is 2. The highest BCUT2D eigenvalue weighted by Crippen LogP contribution is 2.34. The molecule has 2 aromatic rings. The fourth-order valence-electron chi connectivity index (χ4n) is 3.07. The van der Waals surface area contributed by atoms with Crippen LogP contribution in [0.2, 0.25) is 0 Å². The number of carbonyl (C=O) groups excluding carboxylic acids is 1. The Morgan fingerprint density at radius 2 is 1.96 bits per heavy atom. The molecule has 0 spiro atoms. The molecule has 1 aliphatic carbocycles. The lowest BCUT2D eigenvalue weighted by molar-refractivity contribution is 0.0979. The first kappa shape index (κ1) is 18.6. The summed E-state index contributed by atoms with van der Waals surface area (Å²) < 4.78 is 5.28. The molecule has 0 bridgehead atoms. The van der Waals surface area contributed by atoms with Gasteiger partial charge in [-0.25, -0.2) is 0 Å². The van der Waals surface area contributed by atoms with Gasteiger partial charge < -0.3 is 10.3 Å². The molecule has 0 unspecified atom stereocenters. The molecule has 0 radical (unpaired) electrons. The van der Waals surface area contributed by atoms with Crippen LogP contribution < -0.4 is 5.73 Å². The number of halogens is 1. The monoisotopic (exact) mass is 349 g/mol. The van der Waals surface area contributed by atoms with E-state index in [2.05, 4.69) is 10.1 Å². The van der Waals surface area contributed by atoms with Gasteiger partial charge in [-0.2, -0.15) is 4.98 Å². The minimum absolute atomic E-state index is 0. The zero-order chi connectivity index (χ0) is 16.4. The molecular formula is C18H24ClN3O2.